The van der Waals surface area contributed by atoms with Crippen LogP contribution in [0.2, 0.25) is 0 Å². The number of carboxylic acids is 1. The van der Waals surface area contributed by atoms with Gasteiger partial charge in [0.15, 0.2) is 0 Å². The molecule has 0 fully saturated rings. The maximum Gasteiger partial charge on any atom is 0.312 e. The van der Waals surface area contributed by atoms with E-state index in [2.05, 4.69) is 0 Å². The van der Waals surface area contributed by atoms with Crippen molar-refractivity contribution in [3.8, 4) is 0 Å². The van der Waals surface area contributed by atoms with Gasteiger partial charge in [0, 0.05) is 7.11 Å². The van der Waals surface area contributed by atoms with Crippen molar-refractivity contribution in [1.29, 1.82) is 0 Å². The van der Waals surface area contributed by atoms with E-state index >= 15 is 0 Å². The van der Waals surface area contributed by atoms with Crippen LogP contribution in [0, 0.1) is 0 Å². The van der Waals surface area contributed by atoms with E-state index < -0.39 is 5.97 Å². The predicted molar refractivity (Wildman–Crippen MR) is 41.1 cm³/mol. The zero-order valence-electron chi connectivity index (χ0n) is 7.50. The average Bonchev–Trinajstić information content (AvgIpc) is 1.79. The molecule has 0 aromatic carbocycles. The van der Waals surface area contributed by atoms with Crippen LogP contribution in [0.3, 0.4) is 0 Å². The van der Waals surface area contributed by atoms with E-state index in [1.165, 1.54) is 7.11 Å². The first-order valence-corrected chi connectivity index (χ1v) is 3.43. The molecule has 0 aliphatic carbocycles. The SMILES string of the molecule is COC(CC(=O)O)[N+](C)(C)C. The third-order valence-corrected chi connectivity index (χ3v) is 1.49. The maximum absolute atomic E-state index is 10.3. The summed E-state index contributed by atoms with van der Waals surface area (Å²) < 4.78 is 5.52. The summed E-state index contributed by atoms with van der Waals surface area (Å²) in [5.41, 5.74) is 0. The molecule has 0 aromatic rings. The molecule has 0 spiro atoms. The highest BCUT2D eigenvalue weighted by Gasteiger charge is 2.25. The van der Waals surface area contributed by atoms with Gasteiger partial charge in [-0.2, -0.15) is 0 Å². The molecule has 0 aromatic heterocycles. The van der Waals surface area contributed by atoms with Crippen molar-refractivity contribution < 1.29 is 19.1 Å². The van der Waals surface area contributed by atoms with Crippen LogP contribution >= 0.6 is 0 Å². The number of methoxy groups -OCH3 is 1. The number of carbonyl (C=O) groups is 1. The summed E-state index contributed by atoms with van der Waals surface area (Å²) in [6.45, 7) is 0. The van der Waals surface area contributed by atoms with E-state index in [-0.39, 0.29) is 12.6 Å². The van der Waals surface area contributed by atoms with Crippen LogP contribution in [0.4, 0.5) is 0 Å². The van der Waals surface area contributed by atoms with E-state index in [1.54, 1.807) is 0 Å². The lowest BCUT2D eigenvalue weighted by Crippen LogP contribution is -2.47. The minimum atomic E-state index is -0.829. The van der Waals surface area contributed by atoms with Gasteiger partial charge >= 0.3 is 5.97 Å². The summed E-state index contributed by atoms with van der Waals surface area (Å²) >= 11 is 0. The molecule has 1 N–H and O–H groups in total. The Hall–Kier alpha value is -0.610. The molecular weight excluding hydrogens is 146 g/mol. The van der Waals surface area contributed by atoms with Gasteiger partial charge < -0.3 is 14.3 Å². The Morgan fingerprint density at radius 2 is 2.00 bits per heavy atom. The van der Waals surface area contributed by atoms with Crippen molar-refractivity contribution in [3.05, 3.63) is 0 Å². The Morgan fingerprint density at radius 3 is 2.09 bits per heavy atom. The summed E-state index contributed by atoms with van der Waals surface area (Å²) in [4.78, 5) is 10.3. The molecular formula is C7H16NO3+. The molecule has 0 rings (SSSR count). The second-order valence-corrected chi connectivity index (χ2v) is 3.40. The summed E-state index contributed by atoms with van der Waals surface area (Å²) in [6.07, 6.45) is -0.229. The van der Waals surface area contributed by atoms with Gasteiger partial charge in [0.05, 0.1) is 21.1 Å². The third kappa shape index (κ3) is 3.95. The fourth-order valence-corrected chi connectivity index (χ4v) is 0.823. The number of ether oxygens (including phenoxy) is 1. The maximum atomic E-state index is 10.3. The first-order valence-electron chi connectivity index (χ1n) is 3.43. The molecule has 0 bridgehead atoms. The fraction of sp³-hybridized carbons (Fsp3) is 0.857. The van der Waals surface area contributed by atoms with Crippen LogP contribution in [0.15, 0.2) is 0 Å². The molecule has 1 unspecified atom stereocenters. The van der Waals surface area contributed by atoms with Crippen LogP contribution < -0.4 is 0 Å². The molecule has 0 aliphatic heterocycles. The molecule has 0 saturated carbocycles. The molecule has 0 aliphatic rings. The highest BCUT2D eigenvalue weighted by atomic mass is 16.5. The van der Waals surface area contributed by atoms with Crippen molar-refractivity contribution in [2.45, 2.75) is 12.6 Å². The number of hydrogen-bond acceptors (Lipinski definition) is 2. The van der Waals surface area contributed by atoms with Gasteiger partial charge in [0.25, 0.3) is 0 Å². The zero-order chi connectivity index (χ0) is 9.07. The number of hydrogen-bond donors (Lipinski definition) is 1. The number of quaternary nitrogens is 1. The number of nitrogens with zero attached hydrogens (tertiary/aromatic N) is 1. The summed E-state index contributed by atoms with van der Waals surface area (Å²) in [7, 11) is 7.22. The largest absolute Gasteiger partial charge is 0.481 e. The molecule has 0 radical (unpaired) electrons. The molecule has 1 atom stereocenters. The number of carboxylic acid groups (broad SMARTS) is 1. The van der Waals surface area contributed by atoms with E-state index in [9.17, 15) is 4.79 Å². The lowest BCUT2D eigenvalue weighted by molar-refractivity contribution is -0.918. The van der Waals surface area contributed by atoms with Gasteiger partial charge in [-0.1, -0.05) is 0 Å². The topological polar surface area (TPSA) is 46.5 Å². The number of aliphatic carboxylic acids is 1. The highest BCUT2D eigenvalue weighted by Crippen LogP contribution is 2.07. The van der Waals surface area contributed by atoms with Crippen LogP contribution in [0.1, 0.15) is 6.42 Å². The lowest BCUT2D eigenvalue weighted by Gasteiger charge is -2.31. The van der Waals surface area contributed by atoms with Gasteiger partial charge in [0.2, 0.25) is 6.23 Å². The smallest absolute Gasteiger partial charge is 0.312 e. The monoisotopic (exact) mass is 162 g/mol. The van der Waals surface area contributed by atoms with Gasteiger partial charge in [-0.05, 0) is 0 Å². The van der Waals surface area contributed by atoms with Crippen LogP contribution in [0.25, 0.3) is 0 Å². The predicted octanol–water partition coefficient (Wildman–Crippen LogP) is 0.140. The average molecular weight is 162 g/mol. The minimum absolute atomic E-state index is 0.0417. The van der Waals surface area contributed by atoms with Gasteiger partial charge in [-0.3, -0.25) is 4.79 Å². The van der Waals surface area contributed by atoms with E-state index in [0.717, 1.165) is 0 Å². The quantitative estimate of drug-likeness (QED) is 0.472. The van der Waals surface area contributed by atoms with Crippen LogP contribution in [-0.4, -0.2) is 50.0 Å². The Kier molecular flexibility index (Phi) is 3.48. The molecule has 0 heterocycles. The Bertz CT molecular complexity index is 139. The summed E-state index contributed by atoms with van der Waals surface area (Å²) in [5, 5.41) is 8.49. The number of rotatable bonds is 4. The van der Waals surface area contributed by atoms with E-state index in [4.69, 9.17) is 9.84 Å². The van der Waals surface area contributed by atoms with Crippen molar-refractivity contribution in [2.75, 3.05) is 28.3 Å². The van der Waals surface area contributed by atoms with Crippen molar-refractivity contribution in [1.82, 2.24) is 0 Å². The molecule has 0 amide bonds. The first kappa shape index (κ1) is 10.4. The standard InChI is InChI=1S/C7H15NO3/c1-8(2,3)6(11-4)5-7(9)10/h6H,5H2,1-4H3/p+1. The third-order valence-electron chi connectivity index (χ3n) is 1.49. The van der Waals surface area contributed by atoms with Crippen molar-refractivity contribution in [2.24, 2.45) is 0 Å². The molecule has 4 heteroatoms. The Morgan fingerprint density at radius 1 is 1.55 bits per heavy atom. The molecule has 4 nitrogen and oxygen atoms in total. The highest BCUT2D eigenvalue weighted by molar-refractivity contribution is 5.67. The van der Waals surface area contributed by atoms with Gasteiger partial charge in [-0.25, -0.2) is 0 Å². The van der Waals surface area contributed by atoms with Crippen molar-refractivity contribution >= 4 is 5.97 Å². The Balaban J connectivity index is 4.07. The molecule has 0 saturated heterocycles. The van der Waals surface area contributed by atoms with Gasteiger partial charge in [0.1, 0.15) is 6.42 Å². The summed E-state index contributed by atoms with van der Waals surface area (Å²) in [5.74, 6) is -0.829. The normalized spacial score (nSPS) is 14.5. The summed E-state index contributed by atoms with van der Waals surface area (Å²) in [6, 6.07) is 0. The fourth-order valence-electron chi connectivity index (χ4n) is 0.823. The lowest BCUT2D eigenvalue weighted by atomic mass is 10.3. The van der Waals surface area contributed by atoms with E-state index in [1.807, 2.05) is 21.1 Å². The zero-order valence-corrected chi connectivity index (χ0v) is 7.50. The van der Waals surface area contributed by atoms with Crippen LogP contribution in [-0.2, 0) is 9.53 Å². The second kappa shape index (κ2) is 3.69. The van der Waals surface area contributed by atoms with Crippen LogP contribution in [0.5, 0.6) is 0 Å². The first-order chi connectivity index (χ1) is 4.88. The van der Waals surface area contributed by atoms with Crippen molar-refractivity contribution in [3.63, 3.8) is 0 Å². The van der Waals surface area contributed by atoms with E-state index in [0.29, 0.717) is 4.48 Å². The molecule has 66 valence electrons. The second-order valence-electron chi connectivity index (χ2n) is 3.40. The Labute approximate surface area is 67.0 Å². The minimum Gasteiger partial charge on any atom is -0.481 e. The van der Waals surface area contributed by atoms with Gasteiger partial charge in [-0.15, -0.1) is 0 Å². The molecule has 11 heavy (non-hydrogen) atoms.